The van der Waals surface area contributed by atoms with Crippen molar-refractivity contribution >= 4 is 15.9 Å². The molecule has 0 saturated heterocycles. The van der Waals surface area contributed by atoms with E-state index >= 15 is 0 Å². The highest BCUT2D eigenvalue weighted by Gasteiger charge is 1.99. The molecule has 0 aliphatic heterocycles. The maximum Gasteiger partial charge on any atom is 0.159 e. The van der Waals surface area contributed by atoms with Crippen LogP contribution in [0.1, 0.15) is 12.0 Å². The fourth-order valence-corrected chi connectivity index (χ4v) is 1.82. The summed E-state index contributed by atoms with van der Waals surface area (Å²) in [6.07, 6.45) is 5.81. The summed E-state index contributed by atoms with van der Waals surface area (Å²) < 4.78 is 0. The Kier molecular flexibility index (Phi) is 4.05. The number of hydrogen-bond donors (Lipinski definition) is 0. The third-order valence-corrected chi connectivity index (χ3v) is 2.94. The van der Waals surface area contributed by atoms with Crippen LogP contribution in [0.4, 0.5) is 0 Å². The van der Waals surface area contributed by atoms with Gasteiger partial charge in [0.25, 0.3) is 0 Å². The van der Waals surface area contributed by atoms with Gasteiger partial charge in [0, 0.05) is 23.3 Å². The van der Waals surface area contributed by atoms with Crippen molar-refractivity contribution in [3.05, 3.63) is 48.3 Å². The van der Waals surface area contributed by atoms with Crippen LogP contribution in [0.2, 0.25) is 0 Å². The molecule has 2 aromatic rings. The molecule has 1 heterocycles. The summed E-state index contributed by atoms with van der Waals surface area (Å²) in [6.45, 7) is 0. The molecule has 1 aromatic carbocycles. The van der Waals surface area contributed by atoms with Crippen molar-refractivity contribution in [1.82, 2.24) is 9.97 Å². The summed E-state index contributed by atoms with van der Waals surface area (Å²) >= 11 is 3.44. The van der Waals surface area contributed by atoms with Crippen molar-refractivity contribution in [2.45, 2.75) is 12.8 Å². The second-order valence-electron chi connectivity index (χ2n) is 3.56. The van der Waals surface area contributed by atoms with Crippen LogP contribution in [0.3, 0.4) is 0 Å². The second-order valence-corrected chi connectivity index (χ2v) is 4.35. The largest absolute Gasteiger partial charge is 0.237 e. The summed E-state index contributed by atoms with van der Waals surface area (Å²) in [5.74, 6) is 0.787. The van der Waals surface area contributed by atoms with Crippen molar-refractivity contribution < 1.29 is 0 Å². The van der Waals surface area contributed by atoms with E-state index in [1.807, 2.05) is 6.07 Å². The Balaban J connectivity index is 2.13. The molecule has 0 radical (unpaired) electrons. The molecule has 0 bridgehead atoms. The standard InChI is InChI=1S/C13H13BrN2/c14-8-1-3-11-4-6-12(7-5-11)13-15-9-2-10-16-13/h2,4-7,9-10H,1,3,8H2. The molecule has 2 nitrogen and oxygen atoms in total. The third-order valence-electron chi connectivity index (χ3n) is 2.38. The number of aromatic nitrogens is 2. The highest BCUT2D eigenvalue weighted by atomic mass is 79.9. The predicted molar refractivity (Wildman–Crippen MR) is 69.6 cm³/mol. The molecule has 0 saturated carbocycles. The van der Waals surface area contributed by atoms with E-state index in [1.54, 1.807) is 12.4 Å². The van der Waals surface area contributed by atoms with Crippen molar-refractivity contribution in [2.24, 2.45) is 0 Å². The number of aryl methyl sites for hydroxylation is 1. The normalized spacial score (nSPS) is 10.3. The van der Waals surface area contributed by atoms with Gasteiger partial charge in [0.2, 0.25) is 0 Å². The van der Waals surface area contributed by atoms with Crippen molar-refractivity contribution in [2.75, 3.05) is 5.33 Å². The Morgan fingerprint density at radius 2 is 1.69 bits per heavy atom. The fraction of sp³-hybridized carbons (Fsp3) is 0.231. The quantitative estimate of drug-likeness (QED) is 0.800. The Labute approximate surface area is 104 Å². The van der Waals surface area contributed by atoms with E-state index < -0.39 is 0 Å². The minimum Gasteiger partial charge on any atom is -0.237 e. The molecular weight excluding hydrogens is 264 g/mol. The van der Waals surface area contributed by atoms with E-state index in [-0.39, 0.29) is 0 Å². The maximum absolute atomic E-state index is 4.22. The van der Waals surface area contributed by atoms with Gasteiger partial charge in [-0.05, 0) is 24.5 Å². The molecule has 82 valence electrons. The molecule has 0 unspecified atom stereocenters. The van der Waals surface area contributed by atoms with E-state index in [0.717, 1.165) is 23.1 Å². The lowest BCUT2D eigenvalue weighted by Gasteiger charge is -2.02. The van der Waals surface area contributed by atoms with E-state index in [4.69, 9.17) is 0 Å². The van der Waals surface area contributed by atoms with E-state index in [9.17, 15) is 0 Å². The van der Waals surface area contributed by atoms with E-state index in [0.29, 0.717) is 0 Å². The minimum atomic E-state index is 0.787. The number of halogens is 1. The summed E-state index contributed by atoms with van der Waals surface area (Å²) in [5, 5.41) is 1.05. The number of nitrogens with zero attached hydrogens (tertiary/aromatic N) is 2. The van der Waals surface area contributed by atoms with Crippen LogP contribution in [0.25, 0.3) is 11.4 Å². The number of rotatable bonds is 4. The average Bonchev–Trinajstić information content (AvgIpc) is 2.38. The number of alkyl halides is 1. The number of hydrogen-bond acceptors (Lipinski definition) is 2. The SMILES string of the molecule is BrCCCc1ccc(-c2ncccn2)cc1. The first-order valence-electron chi connectivity index (χ1n) is 5.32. The van der Waals surface area contributed by atoms with Gasteiger partial charge in [-0.15, -0.1) is 0 Å². The van der Waals surface area contributed by atoms with Crippen LogP contribution in [0.15, 0.2) is 42.7 Å². The van der Waals surface area contributed by atoms with Crippen LogP contribution < -0.4 is 0 Å². The lowest BCUT2D eigenvalue weighted by molar-refractivity contribution is 0.939. The molecule has 0 spiro atoms. The first kappa shape index (κ1) is 11.3. The molecule has 3 heteroatoms. The van der Waals surface area contributed by atoms with Crippen LogP contribution in [0, 0.1) is 0 Å². The molecule has 16 heavy (non-hydrogen) atoms. The average molecular weight is 277 g/mol. The van der Waals surface area contributed by atoms with Crippen molar-refractivity contribution in [3.8, 4) is 11.4 Å². The van der Waals surface area contributed by atoms with Gasteiger partial charge in [0.05, 0.1) is 0 Å². The zero-order chi connectivity index (χ0) is 11.2. The Morgan fingerprint density at radius 1 is 1.00 bits per heavy atom. The second kappa shape index (κ2) is 5.75. The van der Waals surface area contributed by atoms with Crippen molar-refractivity contribution in [1.29, 1.82) is 0 Å². The van der Waals surface area contributed by atoms with Crippen LogP contribution in [-0.2, 0) is 6.42 Å². The highest BCUT2D eigenvalue weighted by Crippen LogP contribution is 2.15. The van der Waals surface area contributed by atoms with Gasteiger partial charge in [-0.2, -0.15) is 0 Å². The monoisotopic (exact) mass is 276 g/mol. The highest BCUT2D eigenvalue weighted by molar-refractivity contribution is 9.09. The summed E-state index contributed by atoms with van der Waals surface area (Å²) in [6, 6.07) is 10.3. The van der Waals surface area contributed by atoms with Gasteiger partial charge in [0.15, 0.2) is 5.82 Å². The van der Waals surface area contributed by atoms with Gasteiger partial charge in [-0.1, -0.05) is 40.2 Å². The zero-order valence-corrected chi connectivity index (χ0v) is 10.5. The first-order valence-corrected chi connectivity index (χ1v) is 6.44. The lowest BCUT2D eigenvalue weighted by atomic mass is 10.1. The molecule has 0 N–H and O–H groups in total. The molecule has 0 aliphatic carbocycles. The molecule has 0 amide bonds. The Bertz CT molecular complexity index is 425. The molecule has 2 rings (SSSR count). The molecule has 0 aliphatic rings. The molecular formula is C13H13BrN2. The smallest absolute Gasteiger partial charge is 0.159 e. The first-order chi connectivity index (χ1) is 7.90. The maximum atomic E-state index is 4.22. The van der Waals surface area contributed by atoms with Gasteiger partial charge >= 0.3 is 0 Å². The predicted octanol–water partition coefficient (Wildman–Crippen LogP) is 3.47. The topological polar surface area (TPSA) is 25.8 Å². The molecule has 1 aromatic heterocycles. The third kappa shape index (κ3) is 2.89. The van der Waals surface area contributed by atoms with Gasteiger partial charge in [-0.25, -0.2) is 9.97 Å². The van der Waals surface area contributed by atoms with Gasteiger partial charge < -0.3 is 0 Å². The van der Waals surface area contributed by atoms with Gasteiger partial charge in [-0.3, -0.25) is 0 Å². The van der Waals surface area contributed by atoms with Crippen LogP contribution in [0.5, 0.6) is 0 Å². The minimum absolute atomic E-state index is 0.787. The van der Waals surface area contributed by atoms with E-state index in [2.05, 4.69) is 50.2 Å². The summed E-state index contributed by atoms with van der Waals surface area (Å²) in [4.78, 5) is 8.44. The molecule has 0 fully saturated rings. The lowest BCUT2D eigenvalue weighted by Crippen LogP contribution is -1.89. The van der Waals surface area contributed by atoms with Crippen molar-refractivity contribution in [3.63, 3.8) is 0 Å². The Hall–Kier alpha value is -1.22. The summed E-state index contributed by atoms with van der Waals surface area (Å²) in [7, 11) is 0. The van der Waals surface area contributed by atoms with Gasteiger partial charge in [0.1, 0.15) is 0 Å². The van der Waals surface area contributed by atoms with Crippen LogP contribution in [-0.4, -0.2) is 15.3 Å². The number of benzene rings is 1. The zero-order valence-electron chi connectivity index (χ0n) is 8.94. The Morgan fingerprint density at radius 3 is 2.31 bits per heavy atom. The summed E-state index contributed by atoms with van der Waals surface area (Å²) in [5.41, 5.74) is 2.43. The fourth-order valence-electron chi connectivity index (χ4n) is 1.54. The van der Waals surface area contributed by atoms with E-state index in [1.165, 1.54) is 12.0 Å². The van der Waals surface area contributed by atoms with Crippen LogP contribution >= 0.6 is 15.9 Å². The molecule has 0 atom stereocenters.